The number of rotatable bonds is 5. The summed E-state index contributed by atoms with van der Waals surface area (Å²) in [5, 5.41) is 1.89. The highest BCUT2D eigenvalue weighted by Crippen LogP contribution is 2.34. The third-order valence-electron chi connectivity index (χ3n) is 4.50. The molecule has 1 N–H and O–H groups in total. The molecule has 4 rings (SSSR count). The van der Waals surface area contributed by atoms with E-state index in [9.17, 15) is 13.2 Å². The fourth-order valence-electron chi connectivity index (χ4n) is 2.99. The van der Waals surface area contributed by atoms with Gasteiger partial charge in [0.1, 0.15) is 6.61 Å². The van der Waals surface area contributed by atoms with E-state index in [1.165, 1.54) is 29.5 Å². The molecule has 28 heavy (non-hydrogen) atoms. The van der Waals surface area contributed by atoms with Gasteiger partial charge in [-0.2, -0.15) is 0 Å². The molecule has 3 heterocycles. The summed E-state index contributed by atoms with van der Waals surface area (Å²) in [6, 6.07) is 8.12. The first-order valence-electron chi connectivity index (χ1n) is 8.85. The van der Waals surface area contributed by atoms with Crippen LogP contribution >= 0.6 is 11.3 Å². The van der Waals surface area contributed by atoms with E-state index in [4.69, 9.17) is 14.2 Å². The molecule has 0 spiro atoms. The minimum absolute atomic E-state index is 0.0370. The average Bonchev–Trinajstić information content (AvgIpc) is 3.25. The maximum absolute atomic E-state index is 12.5. The van der Waals surface area contributed by atoms with Gasteiger partial charge in [0.05, 0.1) is 18.1 Å². The predicted octanol–water partition coefficient (Wildman–Crippen LogP) is 1.23. The summed E-state index contributed by atoms with van der Waals surface area (Å²) >= 11 is 1.48. The fraction of sp³-hybridized carbons (Fsp3) is 0.389. The van der Waals surface area contributed by atoms with Crippen LogP contribution in [0.2, 0.25) is 0 Å². The van der Waals surface area contributed by atoms with Crippen LogP contribution in [-0.2, 0) is 26.1 Å². The lowest BCUT2D eigenvalue weighted by atomic mass is 10.2. The van der Waals surface area contributed by atoms with Gasteiger partial charge in [-0.1, -0.05) is 6.07 Å². The molecule has 0 bridgehead atoms. The van der Waals surface area contributed by atoms with Crippen LogP contribution in [-0.4, -0.2) is 58.2 Å². The second-order valence-corrected chi connectivity index (χ2v) is 9.17. The highest BCUT2D eigenvalue weighted by Gasteiger charge is 2.32. The van der Waals surface area contributed by atoms with E-state index in [0.717, 1.165) is 4.88 Å². The summed E-state index contributed by atoms with van der Waals surface area (Å²) in [6.45, 7) is 2.34. The van der Waals surface area contributed by atoms with E-state index < -0.39 is 16.1 Å². The van der Waals surface area contributed by atoms with Crippen LogP contribution in [0.5, 0.6) is 11.5 Å². The number of benzene rings is 1. The number of carbonyl (C=O) groups is 1. The van der Waals surface area contributed by atoms with Gasteiger partial charge in [0.2, 0.25) is 16.1 Å². The van der Waals surface area contributed by atoms with E-state index in [0.29, 0.717) is 37.8 Å². The number of ether oxygens (including phenoxy) is 3. The van der Waals surface area contributed by atoms with Crippen LogP contribution < -0.4 is 14.2 Å². The van der Waals surface area contributed by atoms with Crippen LogP contribution in [0.15, 0.2) is 40.6 Å². The van der Waals surface area contributed by atoms with Gasteiger partial charge < -0.3 is 19.1 Å². The molecule has 0 radical (unpaired) electrons. The van der Waals surface area contributed by atoms with Crippen LogP contribution in [0.1, 0.15) is 4.88 Å². The van der Waals surface area contributed by atoms with Crippen molar-refractivity contribution >= 4 is 27.3 Å². The number of sulfonamides is 1. The molecule has 2 aliphatic heterocycles. The maximum atomic E-state index is 12.5. The number of thiophene rings is 1. The zero-order valence-corrected chi connectivity index (χ0v) is 16.6. The molecule has 1 saturated heterocycles. The third kappa shape index (κ3) is 4.14. The van der Waals surface area contributed by atoms with Gasteiger partial charge in [-0.25, -0.2) is 13.1 Å². The highest BCUT2D eigenvalue weighted by molar-refractivity contribution is 7.89. The van der Waals surface area contributed by atoms with Crippen molar-refractivity contribution in [2.45, 2.75) is 17.5 Å². The summed E-state index contributed by atoms with van der Waals surface area (Å²) in [7, 11) is -3.68. The number of carbonyl (C=O) groups excluding carboxylic acids is 1. The lowest BCUT2D eigenvalue weighted by Gasteiger charge is -2.32. The van der Waals surface area contributed by atoms with Crippen LogP contribution in [0.4, 0.5) is 0 Å². The molecule has 2 aromatic rings. The molecule has 1 atom stereocenters. The first-order valence-corrected chi connectivity index (χ1v) is 11.2. The van der Waals surface area contributed by atoms with Crippen LogP contribution in [0, 0.1) is 0 Å². The lowest BCUT2D eigenvalue weighted by Crippen LogP contribution is -2.50. The molecular formula is C18H20N2O6S2. The Morgan fingerprint density at radius 3 is 2.79 bits per heavy atom. The van der Waals surface area contributed by atoms with Crippen molar-refractivity contribution in [1.29, 1.82) is 0 Å². The number of nitrogens with one attached hydrogen (secondary N) is 1. The van der Waals surface area contributed by atoms with E-state index in [-0.39, 0.29) is 24.0 Å². The normalized spacial score (nSPS) is 19.4. The van der Waals surface area contributed by atoms with Crippen molar-refractivity contribution in [1.82, 2.24) is 9.62 Å². The topological polar surface area (TPSA) is 94.2 Å². The first kappa shape index (κ1) is 19.2. The Hall–Kier alpha value is -2.14. The van der Waals surface area contributed by atoms with Gasteiger partial charge in [-0.3, -0.25) is 4.79 Å². The third-order valence-corrected chi connectivity index (χ3v) is 6.77. The molecule has 2 aliphatic rings. The number of hydrogen-bond donors (Lipinski definition) is 1. The Morgan fingerprint density at radius 2 is 2.04 bits per heavy atom. The SMILES string of the molecule is O=C([C@H]1COc2cc(S(=O)(=O)NCc3cccs3)ccc2O1)N1CCOCC1. The molecule has 10 heteroatoms. The molecule has 1 fully saturated rings. The van der Waals surface area contributed by atoms with Crippen molar-refractivity contribution in [3.8, 4) is 11.5 Å². The fourth-order valence-corrected chi connectivity index (χ4v) is 4.75. The molecule has 0 unspecified atom stereocenters. The standard InChI is InChI=1S/C18H20N2O6S2/c21-18(20-5-7-24-8-6-20)17-12-25-16-10-14(3-4-15(16)26-17)28(22,23)19-11-13-2-1-9-27-13/h1-4,9-10,17,19H,5-8,11-12H2/t17-/m1/s1. The summed E-state index contributed by atoms with van der Waals surface area (Å²) in [5.74, 6) is 0.517. The Labute approximate surface area is 167 Å². The van der Waals surface area contributed by atoms with E-state index in [1.54, 1.807) is 4.90 Å². The smallest absolute Gasteiger partial charge is 0.267 e. The van der Waals surface area contributed by atoms with Gasteiger partial charge in [-0.05, 0) is 23.6 Å². The molecular weight excluding hydrogens is 404 g/mol. The molecule has 1 aromatic carbocycles. The minimum atomic E-state index is -3.68. The summed E-state index contributed by atoms with van der Waals surface area (Å²) in [5.41, 5.74) is 0. The first-order chi connectivity index (χ1) is 13.5. The molecule has 150 valence electrons. The number of nitrogens with zero attached hydrogens (tertiary/aromatic N) is 1. The molecule has 0 aliphatic carbocycles. The number of fused-ring (bicyclic) bond motifs is 1. The van der Waals surface area contributed by atoms with Crippen LogP contribution in [0.3, 0.4) is 0 Å². The van der Waals surface area contributed by atoms with E-state index in [2.05, 4.69) is 4.72 Å². The van der Waals surface area contributed by atoms with Crippen molar-refractivity contribution in [2.24, 2.45) is 0 Å². The van der Waals surface area contributed by atoms with Crippen molar-refractivity contribution in [3.05, 3.63) is 40.6 Å². The Morgan fingerprint density at radius 1 is 1.21 bits per heavy atom. The molecule has 1 aromatic heterocycles. The average molecular weight is 425 g/mol. The molecule has 0 saturated carbocycles. The molecule has 1 amide bonds. The van der Waals surface area contributed by atoms with Gasteiger partial charge in [0.15, 0.2) is 11.5 Å². The highest BCUT2D eigenvalue weighted by atomic mass is 32.2. The largest absolute Gasteiger partial charge is 0.485 e. The van der Waals surface area contributed by atoms with Crippen LogP contribution in [0.25, 0.3) is 0 Å². The number of amides is 1. The Kier molecular flexibility index (Phi) is 5.54. The van der Waals surface area contributed by atoms with E-state index in [1.807, 2.05) is 17.5 Å². The van der Waals surface area contributed by atoms with Crippen molar-refractivity contribution < 1.29 is 27.4 Å². The van der Waals surface area contributed by atoms with Gasteiger partial charge in [0.25, 0.3) is 5.91 Å². The quantitative estimate of drug-likeness (QED) is 0.776. The zero-order valence-electron chi connectivity index (χ0n) is 15.0. The van der Waals surface area contributed by atoms with Gasteiger partial charge in [0, 0.05) is 30.6 Å². The van der Waals surface area contributed by atoms with Crippen molar-refractivity contribution in [3.63, 3.8) is 0 Å². The second-order valence-electron chi connectivity index (χ2n) is 6.37. The number of hydrogen-bond acceptors (Lipinski definition) is 7. The van der Waals surface area contributed by atoms with Crippen molar-refractivity contribution in [2.75, 3.05) is 32.9 Å². The lowest BCUT2D eigenvalue weighted by molar-refractivity contribution is -0.145. The monoisotopic (exact) mass is 424 g/mol. The summed E-state index contributed by atoms with van der Waals surface area (Å²) in [4.78, 5) is 15.2. The second kappa shape index (κ2) is 8.08. The van der Waals surface area contributed by atoms with Gasteiger partial charge >= 0.3 is 0 Å². The van der Waals surface area contributed by atoms with Gasteiger partial charge in [-0.15, -0.1) is 11.3 Å². The minimum Gasteiger partial charge on any atom is -0.485 e. The van der Waals surface area contributed by atoms with E-state index >= 15 is 0 Å². The zero-order chi connectivity index (χ0) is 19.6. The summed E-state index contributed by atoms with van der Waals surface area (Å²) in [6.07, 6.45) is -0.745. The molecule has 8 nitrogen and oxygen atoms in total. The number of morpholine rings is 1. The predicted molar refractivity (Wildman–Crippen MR) is 102 cm³/mol. The Balaban J connectivity index is 1.44. The maximum Gasteiger partial charge on any atom is 0.267 e. The Bertz CT molecular complexity index is 939. The summed E-state index contributed by atoms with van der Waals surface area (Å²) < 4.78 is 44.3.